The van der Waals surface area contributed by atoms with Crippen LogP contribution in [0.1, 0.15) is 24.0 Å². The van der Waals surface area contributed by atoms with Gasteiger partial charge in [0.05, 0.1) is 25.3 Å². The molecule has 3 aromatic rings. The zero-order chi connectivity index (χ0) is 23.1. The third-order valence-electron chi connectivity index (χ3n) is 6.20. The summed E-state index contributed by atoms with van der Waals surface area (Å²) >= 11 is 0. The summed E-state index contributed by atoms with van der Waals surface area (Å²) in [4.78, 5) is 13.8. The molecule has 0 amide bonds. The first-order chi connectivity index (χ1) is 16.1. The summed E-state index contributed by atoms with van der Waals surface area (Å²) in [6.07, 6.45) is 3.49. The van der Waals surface area contributed by atoms with Gasteiger partial charge in [-0.25, -0.2) is 0 Å². The number of fused-ring (bicyclic) bond motifs is 6. The lowest BCUT2D eigenvalue weighted by Crippen LogP contribution is -2.24. The second-order valence-electron chi connectivity index (χ2n) is 8.02. The van der Waals surface area contributed by atoms with E-state index >= 15 is 0 Å². The van der Waals surface area contributed by atoms with E-state index < -0.39 is 0 Å². The van der Waals surface area contributed by atoms with E-state index in [4.69, 9.17) is 30.4 Å². The summed E-state index contributed by atoms with van der Waals surface area (Å²) in [7, 11) is 3.15. The van der Waals surface area contributed by atoms with Crippen molar-refractivity contribution >= 4 is 16.3 Å². The number of aromatic nitrogens is 1. The maximum Gasteiger partial charge on any atom is 0.259 e. The molecule has 0 unspecified atom stereocenters. The van der Waals surface area contributed by atoms with Crippen LogP contribution >= 0.6 is 0 Å². The van der Waals surface area contributed by atoms with Gasteiger partial charge in [0.15, 0.2) is 23.0 Å². The summed E-state index contributed by atoms with van der Waals surface area (Å²) in [6.45, 7) is 1.68. The van der Waals surface area contributed by atoms with Gasteiger partial charge in [-0.1, -0.05) is 6.08 Å². The monoisotopic (exact) mass is 449 g/mol. The van der Waals surface area contributed by atoms with Crippen molar-refractivity contribution in [1.82, 2.24) is 4.57 Å². The molecule has 2 aromatic carbocycles. The Morgan fingerprint density at radius 1 is 0.970 bits per heavy atom. The number of nitrogens with two attached hydrogens (primary N) is 2. The van der Waals surface area contributed by atoms with E-state index in [-0.39, 0.29) is 12.4 Å². The van der Waals surface area contributed by atoms with Crippen LogP contribution in [0.4, 0.5) is 0 Å². The molecule has 0 spiro atoms. The van der Waals surface area contributed by atoms with E-state index in [2.05, 4.69) is 6.08 Å². The van der Waals surface area contributed by atoms with Gasteiger partial charge in [0.2, 0.25) is 6.79 Å². The Balaban J connectivity index is 1.92. The van der Waals surface area contributed by atoms with E-state index in [1.54, 1.807) is 20.3 Å². The van der Waals surface area contributed by atoms with Crippen molar-refractivity contribution in [3.05, 3.63) is 51.8 Å². The van der Waals surface area contributed by atoms with Crippen LogP contribution in [0.3, 0.4) is 0 Å². The van der Waals surface area contributed by atoms with Crippen LogP contribution in [0.15, 0.2) is 35.1 Å². The van der Waals surface area contributed by atoms with Crippen molar-refractivity contribution in [2.24, 2.45) is 11.5 Å². The van der Waals surface area contributed by atoms with Gasteiger partial charge < -0.3 is 35.0 Å². The molecule has 1 aliphatic carbocycles. The average molecular weight is 450 g/mol. The van der Waals surface area contributed by atoms with Crippen LogP contribution < -0.4 is 36.0 Å². The molecule has 5 rings (SSSR count). The van der Waals surface area contributed by atoms with Gasteiger partial charge in [0.25, 0.3) is 5.56 Å². The van der Waals surface area contributed by atoms with Crippen molar-refractivity contribution in [3.63, 3.8) is 0 Å². The second kappa shape index (κ2) is 8.46. The highest BCUT2D eigenvalue weighted by Crippen LogP contribution is 2.51. The lowest BCUT2D eigenvalue weighted by molar-refractivity contribution is 0.174. The van der Waals surface area contributed by atoms with Gasteiger partial charge in [-0.2, -0.15) is 0 Å². The molecule has 8 nitrogen and oxygen atoms in total. The highest BCUT2D eigenvalue weighted by molar-refractivity contribution is 6.10. The quantitative estimate of drug-likeness (QED) is 0.446. The SMILES string of the molecule is COc1cc2c3c(n(CCCN)c(=O)c2cc1OC)-c1cc2c(cc1C3=CCCN)OCO2. The largest absolute Gasteiger partial charge is 0.493 e. The maximum absolute atomic E-state index is 13.8. The molecule has 4 N–H and O–H groups in total. The fourth-order valence-corrected chi connectivity index (χ4v) is 4.72. The number of hydrogen-bond acceptors (Lipinski definition) is 7. The van der Waals surface area contributed by atoms with Crippen LogP contribution in [0.25, 0.3) is 27.6 Å². The van der Waals surface area contributed by atoms with Gasteiger partial charge in [-0.15, -0.1) is 0 Å². The highest BCUT2D eigenvalue weighted by Gasteiger charge is 2.33. The number of nitrogens with zero attached hydrogens (tertiary/aromatic N) is 1. The molecule has 2 aliphatic rings. The van der Waals surface area contributed by atoms with Crippen molar-refractivity contribution in [3.8, 4) is 34.3 Å². The van der Waals surface area contributed by atoms with Gasteiger partial charge in [0.1, 0.15) is 0 Å². The summed E-state index contributed by atoms with van der Waals surface area (Å²) < 4.78 is 24.2. The van der Waals surface area contributed by atoms with Gasteiger partial charge in [-0.05, 0) is 61.3 Å². The van der Waals surface area contributed by atoms with Gasteiger partial charge >= 0.3 is 0 Å². The van der Waals surface area contributed by atoms with Crippen molar-refractivity contribution in [1.29, 1.82) is 0 Å². The first-order valence-electron chi connectivity index (χ1n) is 11.0. The zero-order valence-corrected chi connectivity index (χ0v) is 18.8. The Morgan fingerprint density at radius 3 is 2.27 bits per heavy atom. The molecule has 0 fully saturated rings. The molecular formula is C25H27N3O5. The van der Waals surface area contributed by atoms with Crippen LogP contribution in [0.2, 0.25) is 0 Å². The van der Waals surface area contributed by atoms with Crippen LogP contribution in [-0.4, -0.2) is 38.7 Å². The molecule has 0 saturated heterocycles. The maximum atomic E-state index is 13.8. The second-order valence-corrected chi connectivity index (χ2v) is 8.02. The minimum atomic E-state index is -0.0955. The lowest BCUT2D eigenvalue weighted by atomic mass is 9.97. The Morgan fingerprint density at radius 2 is 1.64 bits per heavy atom. The van der Waals surface area contributed by atoms with Gasteiger partial charge in [-0.3, -0.25) is 4.79 Å². The summed E-state index contributed by atoms with van der Waals surface area (Å²) in [5, 5.41) is 1.37. The van der Waals surface area contributed by atoms with Crippen LogP contribution in [0, 0.1) is 0 Å². The molecule has 0 atom stereocenters. The molecule has 1 aliphatic heterocycles. The van der Waals surface area contributed by atoms with Crippen molar-refractivity contribution in [2.45, 2.75) is 19.4 Å². The molecular weight excluding hydrogens is 422 g/mol. The van der Waals surface area contributed by atoms with Crippen molar-refractivity contribution in [2.75, 3.05) is 34.1 Å². The Hall–Kier alpha value is -3.49. The first kappa shape index (κ1) is 21.4. The first-order valence-corrected chi connectivity index (χ1v) is 11.0. The number of benzene rings is 2. The van der Waals surface area contributed by atoms with E-state index in [1.165, 1.54) is 0 Å². The number of ether oxygens (including phenoxy) is 4. The number of pyridine rings is 1. The van der Waals surface area contributed by atoms with Gasteiger partial charge in [0, 0.05) is 23.1 Å². The van der Waals surface area contributed by atoms with E-state index in [0.717, 1.165) is 33.3 Å². The summed E-state index contributed by atoms with van der Waals surface area (Å²) in [6, 6.07) is 7.59. The standard InChI is InChI=1S/C25H27N3O5/c1-30-19-10-16-18(12-20(19)31-2)25(29)28(8-4-7-27)24-17-11-22-21(32-13-33-22)9-15(17)14(23(16)24)5-3-6-26/h5,9-12H,3-4,6-8,13,26-27H2,1-2H3. The summed E-state index contributed by atoms with van der Waals surface area (Å²) in [5.41, 5.74) is 16.3. The minimum absolute atomic E-state index is 0.0955. The van der Waals surface area contributed by atoms with Crippen LogP contribution in [-0.2, 0) is 6.54 Å². The lowest BCUT2D eigenvalue weighted by Gasteiger charge is -2.17. The normalized spacial score (nSPS) is 14.6. The fraction of sp³-hybridized carbons (Fsp3) is 0.320. The molecule has 33 heavy (non-hydrogen) atoms. The molecule has 1 aromatic heterocycles. The van der Waals surface area contributed by atoms with E-state index in [0.29, 0.717) is 60.9 Å². The molecule has 0 bridgehead atoms. The number of methoxy groups -OCH3 is 2. The topological polar surface area (TPSA) is 111 Å². The predicted molar refractivity (Wildman–Crippen MR) is 127 cm³/mol. The molecule has 0 radical (unpaired) electrons. The Labute approximate surface area is 191 Å². The fourth-order valence-electron chi connectivity index (χ4n) is 4.72. The minimum Gasteiger partial charge on any atom is -0.493 e. The molecule has 172 valence electrons. The van der Waals surface area contributed by atoms with Crippen molar-refractivity contribution < 1.29 is 18.9 Å². The Bertz CT molecular complexity index is 1340. The molecule has 8 heteroatoms. The molecule has 2 heterocycles. The Kier molecular flexibility index (Phi) is 5.47. The van der Waals surface area contributed by atoms with E-state index in [9.17, 15) is 4.79 Å². The molecule has 0 saturated carbocycles. The average Bonchev–Trinajstić information content (AvgIpc) is 3.42. The number of hydrogen-bond donors (Lipinski definition) is 2. The smallest absolute Gasteiger partial charge is 0.259 e. The van der Waals surface area contributed by atoms with E-state index in [1.807, 2.05) is 22.8 Å². The zero-order valence-electron chi connectivity index (χ0n) is 18.8. The van der Waals surface area contributed by atoms with Crippen LogP contribution in [0.5, 0.6) is 23.0 Å². The predicted octanol–water partition coefficient (Wildman–Crippen LogP) is 2.86. The third kappa shape index (κ3) is 3.25. The number of rotatable bonds is 7. The highest BCUT2D eigenvalue weighted by atomic mass is 16.7. The summed E-state index contributed by atoms with van der Waals surface area (Å²) in [5.74, 6) is 2.44. The third-order valence-corrected chi connectivity index (χ3v) is 6.20.